The van der Waals surface area contributed by atoms with Gasteiger partial charge in [-0.05, 0) is 19.1 Å². The van der Waals surface area contributed by atoms with Gasteiger partial charge >= 0.3 is 12.0 Å². The summed E-state index contributed by atoms with van der Waals surface area (Å²) in [5.41, 5.74) is 4.80. The molecule has 1 aromatic rings. The SMILES string of the molecule is CC(OC(=O)C1COc2ccccc2O1)C(=O)NC(N)=O. The van der Waals surface area contributed by atoms with Crippen LogP contribution < -0.4 is 20.5 Å². The van der Waals surface area contributed by atoms with Crippen LogP contribution in [0.5, 0.6) is 11.5 Å². The minimum absolute atomic E-state index is 0.0278. The van der Waals surface area contributed by atoms with Crippen molar-refractivity contribution in [2.24, 2.45) is 5.73 Å². The highest BCUT2D eigenvalue weighted by molar-refractivity contribution is 5.96. The molecule has 2 rings (SSSR count). The number of esters is 1. The Morgan fingerprint density at radius 3 is 2.67 bits per heavy atom. The van der Waals surface area contributed by atoms with Gasteiger partial charge in [-0.15, -0.1) is 0 Å². The molecule has 8 nitrogen and oxygen atoms in total. The van der Waals surface area contributed by atoms with E-state index >= 15 is 0 Å². The number of hydrogen-bond acceptors (Lipinski definition) is 6. The summed E-state index contributed by atoms with van der Waals surface area (Å²) in [6.07, 6.45) is -2.16. The molecule has 1 aromatic carbocycles. The topological polar surface area (TPSA) is 117 Å². The number of urea groups is 1. The monoisotopic (exact) mass is 294 g/mol. The third kappa shape index (κ3) is 3.62. The Kier molecular flexibility index (Phi) is 4.27. The van der Waals surface area contributed by atoms with Gasteiger partial charge < -0.3 is 19.9 Å². The molecule has 1 heterocycles. The zero-order valence-electron chi connectivity index (χ0n) is 11.2. The normalized spacial score (nSPS) is 17.5. The average Bonchev–Trinajstić information content (AvgIpc) is 2.45. The second kappa shape index (κ2) is 6.12. The van der Waals surface area contributed by atoms with Crippen molar-refractivity contribution >= 4 is 17.9 Å². The first kappa shape index (κ1) is 14.6. The molecule has 3 amide bonds. The Bertz CT molecular complexity index is 574. The van der Waals surface area contributed by atoms with Crippen molar-refractivity contribution in [2.75, 3.05) is 6.61 Å². The first-order chi connectivity index (χ1) is 9.97. The second-order valence-corrected chi connectivity index (χ2v) is 4.30. The molecule has 0 bridgehead atoms. The van der Waals surface area contributed by atoms with E-state index in [2.05, 4.69) is 0 Å². The van der Waals surface area contributed by atoms with Gasteiger partial charge in [0.05, 0.1) is 0 Å². The highest BCUT2D eigenvalue weighted by Gasteiger charge is 2.31. The zero-order valence-corrected chi connectivity index (χ0v) is 11.2. The molecule has 1 aliphatic rings. The van der Waals surface area contributed by atoms with Gasteiger partial charge in [-0.25, -0.2) is 9.59 Å². The molecule has 0 aliphatic carbocycles. The molecule has 0 aromatic heterocycles. The van der Waals surface area contributed by atoms with E-state index in [9.17, 15) is 14.4 Å². The van der Waals surface area contributed by atoms with Gasteiger partial charge in [0, 0.05) is 0 Å². The summed E-state index contributed by atoms with van der Waals surface area (Å²) in [5, 5.41) is 1.82. The van der Waals surface area contributed by atoms with E-state index in [1.807, 2.05) is 5.32 Å². The van der Waals surface area contributed by atoms with Gasteiger partial charge in [-0.1, -0.05) is 12.1 Å². The number of fused-ring (bicyclic) bond motifs is 1. The van der Waals surface area contributed by atoms with Crippen molar-refractivity contribution in [1.29, 1.82) is 0 Å². The number of nitrogens with two attached hydrogens (primary N) is 1. The average molecular weight is 294 g/mol. The summed E-state index contributed by atoms with van der Waals surface area (Å²) in [6, 6.07) is 5.85. The fourth-order valence-electron chi connectivity index (χ4n) is 1.66. The van der Waals surface area contributed by atoms with Gasteiger partial charge in [-0.2, -0.15) is 0 Å². The number of ether oxygens (including phenoxy) is 3. The Morgan fingerprint density at radius 2 is 2.00 bits per heavy atom. The Morgan fingerprint density at radius 1 is 1.33 bits per heavy atom. The maximum Gasteiger partial charge on any atom is 0.351 e. The molecule has 0 saturated carbocycles. The predicted molar refractivity (Wildman–Crippen MR) is 69.6 cm³/mol. The number of nitrogens with one attached hydrogen (secondary N) is 1. The molecular weight excluding hydrogens is 280 g/mol. The van der Waals surface area contributed by atoms with Gasteiger partial charge in [0.1, 0.15) is 6.61 Å². The number of benzene rings is 1. The molecule has 2 atom stereocenters. The Hall–Kier alpha value is -2.77. The van der Waals surface area contributed by atoms with Crippen molar-refractivity contribution in [1.82, 2.24) is 5.32 Å². The van der Waals surface area contributed by atoms with Crippen molar-refractivity contribution < 1.29 is 28.6 Å². The second-order valence-electron chi connectivity index (χ2n) is 4.30. The largest absolute Gasteiger partial charge is 0.485 e. The van der Waals surface area contributed by atoms with Crippen LogP contribution >= 0.6 is 0 Å². The summed E-state index contributed by atoms with van der Waals surface area (Å²) >= 11 is 0. The van der Waals surface area contributed by atoms with Crippen LogP contribution in [-0.4, -0.2) is 36.7 Å². The minimum atomic E-state index is -1.18. The third-order valence-corrected chi connectivity index (χ3v) is 2.68. The lowest BCUT2D eigenvalue weighted by Gasteiger charge is -2.25. The highest BCUT2D eigenvalue weighted by atomic mass is 16.6. The van der Waals surface area contributed by atoms with Crippen molar-refractivity contribution in [3.05, 3.63) is 24.3 Å². The number of carbonyl (C=O) groups excluding carboxylic acids is 3. The van der Waals surface area contributed by atoms with Crippen LogP contribution in [0.15, 0.2) is 24.3 Å². The number of hydrogen-bond donors (Lipinski definition) is 2. The number of rotatable bonds is 3. The fourth-order valence-corrected chi connectivity index (χ4v) is 1.66. The lowest BCUT2D eigenvalue weighted by Crippen LogP contribution is -2.45. The highest BCUT2D eigenvalue weighted by Crippen LogP contribution is 2.31. The number of imide groups is 1. The molecule has 2 unspecified atom stereocenters. The maximum absolute atomic E-state index is 11.9. The summed E-state index contributed by atoms with van der Waals surface area (Å²) < 4.78 is 15.7. The van der Waals surface area contributed by atoms with E-state index < -0.39 is 30.1 Å². The Balaban J connectivity index is 1.93. The molecule has 3 N–H and O–H groups in total. The number of carbonyl (C=O) groups is 3. The van der Waals surface area contributed by atoms with Crippen LogP contribution in [-0.2, 0) is 14.3 Å². The standard InChI is InChI=1S/C13H14N2O6/c1-7(11(16)15-13(14)18)20-12(17)10-6-19-8-4-2-3-5-9(8)21-10/h2-5,7,10H,6H2,1H3,(H3,14,15,16,18). The van der Waals surface area contributed by atoms with Crippen LogP contribution in [0.25, 0.3) is 0 Å². The summed E-state index contributed by atoms with van der Waals surface area (Å²) in [5.74, 6) is -0.634. The quantitative estimate of drug-likeness (QED) is 0.755. The molecule has 0 radical (unpaired) electrons. The third-order valence-electron chi connectivity index (χ3n) is 2.68. The lowest BCUT2D eigenvalue weighted by atomic mass is 10.2. The number of para-hydroxylation sites is 2. The Labute approximate surface area is 120 Å². The molecule has 0 spiro atoms. The molecule has 8 heteroatoms. The van der Waals surface area contributed by atoms with E-state index in [0.717, 1.165) is 0 Å². The zero-order chi connectivity index (χ0) is 15.4. The summed E-state index contributed by atoms with van der Waals surface area (Å²) in [4.78, 5) is 33.8. The van der Waals surface area contributed by atoms with Crippen LogP contribution in [0.4, 0.5) is 4.79 Å². The number of primary amides is 1. The molecule has 0 fully saturated rings. The summed E-state index contributed by atoms with van der Waals surface area (Å²) in [6.45, 7) is 1.29. The lowest BCUT2D eigenvalue weighted by molar-refractivity contribution is -0.163. The molecule has 21 heavy (non-hydrogen) atoms. The van der Waals surface area contributed by atoms with Crippen LogP contribution in [0.2, 0.25) is 0 Å². The number of amides is 3. The van der Waals surface area contributed by atoms with Crippen molar-refractivity contribution in [3.8, 4) is 11.5 Å². The van der Waals surface area contributed by atoms with Gasteiger partial charge in [0.25, 0.3) is 5.91 Å². The van der Waals surface area contributed by atoms with E-state index in [0.29, 0.717) is 11.5 Å². The molecular formula is C13H14N2O6. The maximum atomic E-state index is 11.9. The van der Waals surface area contributed by atoms with Gasteiger partial charge in [0.2, 0.25) is 6.10 Å². The fraction of sp³-hybridized carbons (Fsp3) is 0.308. The van der Waals surface area contributed by atoms with Crippen LogP contribution in [0.3, 0.4) is 0 Å². The van der Waals surface area contributed by atoms with Crippen molar-refractivity contribution in [2.45, 2.75) is 19.1 Å². The van der Waals surface area contributed by atoms with Gasteiger partial charge in [0.15, 0.2) is 17.6 Å². The van der Waals surface area contributed by atoms with Crippen LogP contribution in [0.1, 0.15) is 6.92 Å². The van der Waals surface area contributed by atoms with Gasteiger partial charge in [-0.3, -0.25) is 10.1 Å². The van der Waals surface area contributed by atoms with E-state index in [1.54, 1.807) is 24.3 Å². The predicted octanol–water partition coefficient (Wildman–Crippen LogP) is -0.0470. The minimum Gasteiger partial charge on any atom is -0.485 e. The smallest absolute Gasteiger partial charge is 0.351 e. The van der Waals surface area contributed by atoms with Crippen molar-refractivity contribution in [3.63, 3.8) is 0 Å². The molecule has 112 valence electrons. The van der Waals surface area contributed by atoms with E-state index in [1.165, 1.54) is 6.92 Å². The summed E-state index contributed by atoms with van der Waals surface area (Å²) in [7, 11) is 0. The van der Waals surface area contributed by atoms with E-state index in [-0.39, 0.29) is 6.61 Å². The first-order valence-electron chi connectivity index (χ1n) is 6.16. The molecule has 0 saturated heterocycles. The first-order valence-corrected chi connectivity index (χ1v) is 6.16. The van der Waals surface area contributed by atoms with Crippen LogP contribution in [0, 0.1) is 0 Å². The molecule has 1 aliphatic heterocycles. The van der Waals surface area contributed by atoms with E-state index in [4.69, 9.17) is 19.9 Å².